The van der Waals surface area contributed by atoms with Gasteiger partial charge >= 0.3 is 0 Å². The fourth-order valence-corrected chi connectivity index (χ4v) is 9.97. The van der Waals surface area contributed by atoms with Crippen LogP contribution in [0.5, 0.6) is 0 Å². The van der Waals surface area contributed by atoms with Crippen LogP contribution in [-0.2, 0) is 0 Å². The molecule has 0 N–H and O–H groups in total. The molecule has 9 aromatic carbocycles. The van der Waals surface area contributed by atoms with E-state index in [4.69, 9.17) is 8.83 Å². The Labute approximate surface area is 320 Å². The van der Waals surface area contributed by atoms with Crippen molar-refractivity contribution in [2.75, 3.05) is 0 Å². The zero-order chi connectivity index (χ0) is 36.0. The second-order valence-corrected chi connectivity index (χ2v) is 15.4. The summed E-state index contributed by atoms with van der Waals surface area (Å²) in [5, 5.41) is 10.7. The fraction of sp³-hybridized carbons (Fsp3) is 0. The molecule has 0 unspecified atom stereocenters. The van der Waals surface area contributed by atoms with Gasteiger partial charge in [-0.1, -0.05) is 140 Å². The predicted molar refractivity (Wildman–Crippen MR) is 233 cm³/mol. The van der Waals surface area contributed by atoms with Crippen LogP contribution in [0, 0.1) is 0 Å². The molecule has 3 heteroatoms. The van der Waals surface area contributed by atoms with Gasteiger partial charge in [-0.25, -0.2) is 0 Å². The summed E-state index contributed by atoms with van der Waals surface area (Å²) in [5.74, 6) is 0.847. The summed E-state index contributed by atoms with van der Waals surface area (Å²) in [5.41, 5.74) is 10.6. The van der Waals surface area contributed by atoms with Crippen LogP contribution < -0.4 is 0 Å². The first-order valence-corrected chi connectivity index (χ1v) is 19.5. The number of thiophene rings is 1. The molecule has 0 aliphatic carbocycles. The Morgan fingerprint density at radius 3 is 1.51 bits per heavy atom. The maximum atomic E-state index is 6.82. The van der Waals surface area contributed by atoms with Gasteiger partial charge in [0.05, 0.1) is 5.39 Å². The fourth-order valence-electron chi connectivity index (χ4n) is 8.88. The lowest BCUT2D eigenvalue weighted by Gasteiger charge is -2.18. The molecule has 256 valence electrons. The summed E-state index contributed by atoms with van der Waals surface area (Å²) in [6.07, 6.45) is 0. The second-order valence-electron chi connectivity index (χ2n) is 14.3. The van der Waals surface area contributed by atoms with Crippen LogP contribution in [0.1, 0.15) is 0 Å². The molecule has 2 nitrogen and oxygen atoms in total. The van der Waals surface area contributed by atoms with Crippen molar-refractivity contribution < 1.29 is 8.83 Å². The van der Waals surface area contributed by atoms with Crippen molar-refractivity contribution in [2.45, 2.75) is 0 Å². The van der Waals surface area contributed by atoms with Crippen LogP contribution in [0.2, 0.25) is 0 Å². The zero-order valence-electron chi connectivity index (χ0n) is 29.5. The van der Waals surface area contributed by atoms with Crippen LogP contribution >= 0.6 is 11.3 Å². The summed E-state index contributed by atoms with van der Waals surface area (Å²) < 4.78 is 16.1. The molecule has 0 aliphatic heterocycles. The van der Waals surface area contributed by atoms with Gasteiger partial charge in [0.15, 0.2) is 0 Å². The van der Waals surface area contributed by atoms with Gasteiger partial charge in [0.25, 0.3) is 0 Å². The quantitative estimate of drug-likeness (QED) is 0.169. The number of hydrogen-bond donors (Lipinski definition) is 0. The van der Waals surface area contributed by atoms with Gasteiger partial charge in [0.1, 0.15) is 22.5 Å². The van der Waals surface area contributed by atoms with Crippen LogP contribution in [0.4, 0.5) is 0 Å². The monoisotopic (exact) mass is 718 g/mol. The number of hydrogen-bond acceptors (Lipinski definition) is 3. The largest absolute Gasteiger partial charge is 0.455 e. The molecule has 0 atom stereocenters. The number of fused-ring (bicyclic) bond motifs is 10. The number of furan rings is 2. The first-order valence-electron chi connectivity index (χ1n) is 18.7. The average Bonchev–Trinajstić information content (AvgIpc) is 3.94. The van der Waals surface area contributed by atoms with Gasteiger partial charge in [0, 0.05) is 42.1 Å². The van der Waals surface area contributed by atoms with Crippen LogP contribution in [-0.4, -0.2) is 0 Å². The minimum atomic E-state index is 0.811. The standard InChI is InChI=1S/C52H30O2S/c1-3-13-31(14-4-1)49-50-44(54-51(49)32-15-5-2-6-16-32)27-25-40-41-29-33(23-26-43(41)53-52(40)50)47-36-18-7-9-20-38(36)48(39-21-10-8-19-37(39)47)34-24-28-46-42(30-34)35-17-11-12-22-45(35)55-46/h1-30H. The summed E-state index contributed by atoms with van der Waals surface area (Å²) in [6, 6.07) is 65.4. The average molecular weight is 719 g/mol. The topological polar surface area (TPSA) is 26.3 Å². The first-order chi connectivity index (χ1) is 27.3. The maximum absolute atomic E-state index is 6.82. The van der Waals surface area contributed by atoms with Gasteiger partial charge in [-0.05, 0) is 91.8 Å². The van der Waals surface area contributed by atoms with Gasteiger partial charge in [0.2, 0.25) is 0 Å². The van der Waals surface area contributed by atoms with Gasteiger partial charge < -0.3 is 8.83 Å². The number of benzene rings is 9. The summed E-state index contributed by atoms with van der Waals surface area (Å²) >= 11 is 1.86. The third-order valence-electron chi connectivity index (χ3n) is 11.3. The van der Waals surface area contributed by atoms with E-state index in [9.17, 15) is 0 Å². The van der Waals surface area contributed by atoms with Crippen molar-refractivity contribution in [2.24, 2.45) is 0 Å². The normalized spacial score (nSPS) is 12.0. The van der Waals surface area contributed by atoms with Crippen molar-refractivity contribution in [3.05, 3.63) is 182 Å². The molecule has 0 radical (unpaired) electrons. The van der Waals surface area contributed by atoms with E-state index in [0.717, 1.165) is 60.9 Å². The SMILES string of the molecule is c1ccc(-c2oc3ccc4c5cc(-c6c7ccccc7c(-c7ccc8sc9ccccc9c8c7)c7ccccc67)ccc5oc4c3c2-c2ccccc2)cc1. The highest BCUT2D eigenvalue weighted by Gasteiger charge is 2.24. The lowest BCUT2D eigenvalue weighted by atomic mass is 9.85. The highest BCUT2D eigenvalue weighted by atomic mass is 32.1. The van der Waals surface area contributed by atoms with Gasteiger partial charge in [-0.3, -0.25) is 0 Å². The Hall–Kier alpha value is -6.94. The highest BCUT2D eigenvalue weighted by Crippen LogP contribution is 2.49. The molecule has 12 rings (SSSR count). The Bertz CT molecular complexity index is 3420. The minimum absolute atomic E-state index is 0.811. The van der Waals surface area contributed by atoms with Crippen LogP contribution in [0.25, 0.3) is 119 Å². The molecular weight excluding hydrogens is 689 g/mol. The van der Waals surface area contributed by atoms with Crippen molar-refractivity contribution in [3.63, 3.8) is 0 Å². The molecule has 0 aliphatic rings. The minimum Gasteiger partial charge on any atom is -0.455 e. The van der Waals surface area contributed by atoms with Gasteiger partial charge in [-0.2, -0.15) is 0 Å². The highest BCUT2D eigenvalue weighted by molar-refractivity contribution is 7.25. The molecule has 12 aromatic rings. The molecule has 0 saturated heterocycles. The lowest BCUT2D eigenvalue weighted by molar-refractivity contribution is 0.631. The maximum Gasteiger partial charge on any atom is 0.147 e. The third-order valence-corrected chi connectivity index (χ3v) is 12.4. The molecule has 55 heavy (non-hydrogen) atoms. The molecule has 3 heterocycles. The molecule has 0 bridgehead atoms. The van der Waals surface area contributed by atoms with Crippen LogP contribution in [0.15, 0.2) is 191 Å². The van der Waals surface area contributed by atoms with E-state index >= 15 is 0 Å². The molecule has 0 saturated carbocycles. The second kappa shape index (κ2) is 11.8. The Morgan fingerprint density at radius 1 is 0.309 bits per heavy atom. The van der Waals surface area contributed by atoms with E-state index < -0.39 is 0 Å². The Kier molecular flexibility index (Phi) is 6.54. The van der Waals surface area contributed by atoms with E-state index in [1.165, 1.54) is 58.4 Å². The first kappa shape index (κ1) is 30.5. The van der Waals surface area contributed by atoms with Crippen molar-refractivity contribution in [1.29, 1.82) is 0 Å². The Morgan fingerprint density at radius 2 is 0.836 bits per heavy atom. The predicted octanol–water partition coefficient (Wildman–Crippen LogP) is 15.7. The molecule has 3 aromatic heterocycles. The van der Waals surface area contributed by atoms with E-state index in [1.807, 2.05) is 17.4 Å². The summed E-state index contributed by atoms with van der Waals surface area (Å²) in [4.78, 5) is 0. The van der Waals surface area contributed by atoms with E-state index in [0.29, 0.717) is 0 Å². The van der Waals surface area contributed by atoms with Crippen LogP contribution in [0.3, 0.4) is 0 Å². The molecule has 0 spiro atoms. The van der Waals surface area contributed by atoms with E-state index in [-0.39, 0.29) is 0 Å². The summed E-state index contributed by atoms with van der Waals surface area (Å²) in [6.45, 7) is 0. The van der Waals surface area contributed by atoms with Gasteiger partial charge in [-0.15, -0.1) is 11.3 Å². The van der Waals surface area contributed by atoms with Crippen molar-refractivity contribution >= 4 is 86.0 Å². The van der Waals surface area contributed by atoms with Crippen molar-refractivity contribution in [1.82, 2.24) is 0 Å². The summed E-state index contributed by atoms with van der Waals surface area (Å²) in [7, 11) is 0. The van der Waals surface area contributed by atoms with E-state index in [1.54, 1.807) is 0 Å². The van der Waals surface area contributed by atoms with Crippen molar-refractivity contribution in [3.8, 4) is 44.7 Å². The lowest BCUT2D eigenvalue weighted by Crippen LogP contribution is -1.90. The third kappa shape index (κ3) is 4.54. The smallest absolute Gasteiger partial charge is 0.147 e. The Balaban J connectivity index is 1.11. The molecule has 0 amide bonds. The van der Waals surface area contributed by atoms with E-state index in [2.05, 4.69) is 176 Å². The molecular formula is C52H30O2S. The molecule has 0 fully saturated rings. The number of rotatable bonds is 4. The zero-order valence-corrected chi connectivity index (χ0v) is 30.4.